The Balaban J connectivity index is 4.29. The summed E-state index contributed by atoms with van der Waals surface area (Å²) in [7, 11) is 0. The number of esters is 1. The van der Waals surface area contributed by atoms with Gasteiger partial charge in [0.25, 0.3) is 5.78 Å². The minimum atomic E-state index is -2.09. The zero-order chi connectivity index (χ0) is 9.78. The van der Waals surface area contributed by atoms with Gasteiger partial charge in [0.2, 0.25) is 0 Å². The maximum atomic E-state index is 13.1. The number of hydrogen-bond acceptors (Lipinski definition) is 3. The molecule has 0 aliphatic carbocycles. The van der Waals surface area contributed by atoms with Crippen molar-refractivity contribution in [2.45, 2.75) is 32.9 Å². The summed E-state index contributed by atoms with van der Waals surface area (Å²) in [5, 5.41) is 0. The molecule has 0 saturated heterocycles. The summed E-state index contributed by atoms with van der Waals surface area (Å²) in [5.74, 6) is -2.20. The zero-order valence-corrected chi connectivity index (χ0v) is 7.52. The summed E-state index contributed by atoms with van der Waals surface area (Å²) in [4.78, 5) is 21.7. The van der Waals surface area contributed by atoms with Crippen LogP contribution in [0.1, 0.15) is 27.2 Å². The van der Waals surface area contributed by atoms with Crippen molar-refractivity contribution in [3.05, 3.63) is 0 Å². The first-order valence-electron chi connectivity index (χ1n) is 3.86. The van der Waals surface area contributed by atoms with Crippen molar-refractivity contribution in [3.8, 4) is 0 Å². The Morgan fingerprint density at radius 3 is 2.25 bits per heavy atom. The molecule has 0 N–H and O–H groups in total. The number of rotatable bonds is 4. The molecule has 1 unspecified atom stereocenters. The van der Waals surface area contributed by atoms with Gasteiger partial charge in [0.05, 0.1) is 6.61 Å². The number of alkyl halides is 1. The van der Waals surface area contributed by atoms with E-state index in [1.165, 1.54) is 6.92 Å². The van der Waals surface area contributed by atoms with E-state index in [1.54, 1.807) is 6.92 Å². The monoisotopic (exact) mass is 176 g/mol. The second-order valence-electron chi connectivity index (χ2n) is 2.60. The highest BCUT2D eigenvalue weighted by Gasteiger charge is 2.36. The van der Waals surface area contributed by atoms with E-state index in [-0.39, 0.29) is 13.0 Å². The molecule has 0 saturated carbocycles. The lowest BCUT2D eigenvalue weighted by atomic mass is 10.0. The smallest absolute Gasteiger partial charge is 0.378 e. The van der Waals surface area contributed by atoms with Gasteiger partial charge in [-0.25, -0.2) is 9.18 Å². The lowest BCUT2D eigenvalue weighted by Gasteiger charge is -2.14. The number of halogens is 1. The van der Waals surface area contributed by atoms with Crippen molar-refractivity contribution in [3.63, 3.8) is 0 Å². The highest BCUT2D eigenvalue weighted by Crippen LogP contribution is 2.16. The zero-order valence-electron chi connectivity index (χ0n) is 7.52. The van der Waals surface area contributed by atoms with Gasteiger partial charge in [-0.05, 0) is 20.3 Å². The molecule has 3 nitrogen and oxygen atoms in total. The second-order valence-corrected chi connectivity index (χ2v) is 2.60. The Bertz CT molecular complexity index is 187. The lowest BCUT2D eigenvalue weighted by molar-refractivity contribution is -0.158. The van der Waals surface area contributed by atoms with Crippen LogP contribution in [0.15, 0.2) is 0 Å². The molecule has 0 rings (SSSR count). The normalized spacial score (nSPS) is 15.0. The Labute approximate surface area is 70.9 Å². The predicted octanol–water partition coefficient (Wildman–Crippen LogP) is 1.26. The summed E-state index contributed by atoms with van der Waals surface area (Å²) in [6, 6.07) is 0. The molecule has 0 aliphatic heterocycles. The molecular weight excluding hydrogens is 163 g/mol. The molecule has 0 aromatic carbocycles. The molecule has 0 spiro atoms. The molecule has 4 heteroatoms. The van der Waals surface area contributed by atoms with Crippen LogP contribution in [0.5, 0.6) is 0 Å². The lowest BCUT2D eigenvalue weighted by Crippen LogP contribution is -2.36. The minimum absolute atomic E-state index is 0.0232. The van der Waals surface area contributed by atoms with Crippen LogP contribution < -0.4 is 0 Å². The van der Waals surface area contributed by atoms with Crippen LogP contribution in [0.25, 0.3) is 0 Å². The van der Waals surface area contributed by atoms with Crippen LogP contribution in [-0.4, -0.2) is 24.0 Å². The van der Waals surface area contributed by atoms with E-state index in [9.17, 15) is 14.0 Å². The fourth-order valence-corrected chi connectivity index (χ4v) is 0.570. The van der Waals surface area contributed by atoms with Gasteiger partial charge in [-0.3, -0.25) is 4.79 Å². The van der Waals surface area contributed by atoms with Gasteiger partial charge in [0, 0.05) is 0 Å². The summed E-state index contributed by atoms with van der Waals surface area (Å²) < 4.78 is 17.5. The first kappa shape index (κ1) is 11.1. The molecule has 1 atom stereocenters. The van der Waals surface area contributed by atoms with Crippen LogP contribution in [0.2, 0.25) is 0 Å². The van der Waals surface area contributed by atoms with Crippen LogP contribution in [-0.2, 0) is 14.3 Å². The number of carbonyl (C=O) groups is 2. The minimum Gasteiger partial charge on any atom is -0.460 e. The van der Waals surface area contributed by atoms with E-state index in [0.29, 0.717) is 0 Å². The number of hydrogen-bond donors (Lipinski definition) is 0. The molecule has 0 bridgehead atoms. The van der Waals surface area contributed by atoms with Gasteiger partial charge < -0.3 is 4.74 Å². The van der Waals surface area contributed by atoms with Gasteiger partial charge in [-0.1, -0.05) is 6.92 Å². The van der Waals surface area contributed by atoms with Crippen LogP contribution >= 0.6 is 0 Å². The van der Waals surface area contributed by atoms with Crippen LogP contribution in [0.3, 0.4) is 0 Å². The molecule has 0 fully saturated rings. The Kier molecular flexibility index (Phi) is 3.86. The van der Waals surface area contributed by atoms with Gasteiger partial charge >= 0.3 is 5.97 Å². The van der Waals surface area contributed by atoms with Gasteiger partial charge in [-0.2, -0.15) is 0 Å². The fraction of sp³-hybridized carbons (Fsp3) is 0.750. The van der Waals surface area contributed by atoms with Crippen molar-refractivity contribution in [1.82, 2.24) is 0 Å². The first-order valence-corrected chi connectivity index (χ1v) is 3.86. The number of carbonyl (C=O) groups excluding carboxylic acids is 2. The molecule has 0 heterocycles. The molecular formula is C8H13FO3. The Hall–Kier alpha value is -0.930. The molecule has 0 aromatic heterocycles. The van der Waals surface area contributed by atoms with E-state index in [1.807, 2.05) is 0 Å². The summed E-state index contributed by atoms with van der Waals surface area (Å²) >= 11 is 0. The summed E-state index contributed by atoms with van der Waals surface area (Å²) in [6.45, 7) is 4.22. The summed E-state index contributed by atoms with van der Waals surface area (Å²) in [6.07, 6.45) is -0.0232. The highest BCUT2D eigenvalue weighted by atomic mass is 19.1. The third-order valence-electron chi connectivity index (χ3n) is 1.60. The Morgan fingerprint density at radius 2 is 1.92 bits per heavy atom. The maximum Gasteiger partial charge on any atom is 0.378 e. The molecule has 0 amide bonds. The average Bonchev–Trinajstić information content (AvgIpc) is 2.03. The summed E-state index contributed by atoms with van der Waals surface area (Å²) in [5.41, 5.74) is -2.09. The Morgan fingerprint density at radius 1 is 1.42 bits per heavy atom. The van der Waals surface area contributed by atoms with E-state index in [2.05, 4.69) is 4.74 Å². The largest absolute Gasteiger partial charge is 0.460 e. The van der Waals surface area contributed by atoms with Crippen molar-refractivity contribution < 1.29 is 18.7 Å². The number of Topliss-reactive ketones (excluding diaryl/α,β-unsaturated/α-hetero) is 1. The van der Waals surface area contributed by atoms with Crippen molar-refractivity contribution >= 4 is 11.8 Å². The van der Waals surface area contributed by atoms with Crippen LogP contribution in [0.4, 0.5) is 4.39 Å². The standard InChI is InChI=1S/C8H13FO3/c1-4-8(3,9)6(10)7(11)12-5-2/h4-5H2,1-3H3. The van der Waals surface area contributed by atoms with E-state index >= 15 is 0 Å². The third kappa shape index (κ3) is 2.60. The fourth-order valence-electron chi connectivity index (χ4n) is 0.570. The van der Waals surface area contributed by atoms with Gasteiger partial charge in [0.15, 0.2) is 5.67 Å². The molecule has 70 valence electrons. The molecule has 0 radical (unpaired) electrons. The number of ketones is 1. The third-order valence-corrected chi connectivity index (χ3v) is 1.60. The van der Waals surface area contributed by atoms with Gasteiger partial charge in [-0.15, -0.1) is 0 Å². The molecule has 0 aromatic rings. The quantitative estimate of drug-likeness (QED) is 0.478. The van der Waals surface area contributed by atoms with Crippen molar-refractivity contribution in [2.75, 3.05) is 6.61 Å². The van der Waals surface area contributed by atoms with E-state index < -0.39 is 17.4 Å². The highest BCUT2D eigenvalue weighted by molar-refractivity contribution is 6.36. The predicted molar refractivity (Wildman–Crippen MR) is 41.4 cm³/mol. The molecule has 12 heavy (non-hydrogen) atoms. The SMILES string of the molecule is CCOC(=O)C(=O)C(C)(F)CC. The maximum absolute atomic E-state index is 13.1. The van der Waals surface area contributed by atoms with E-state index in [4.69, 9.17) is 0 Å². The average molecular weight is 176 g/mol. The molecule has 0 aliphatic rings. The number of ether oxygens (including phenoxy) is 1. The van der Waals surface area contributed by atoms with Gasteiger partial charge in [0.1, 0.15) is 0 Å². The topological polar surface area (TPSA) is 43.4 Å². The van der Waals surface area contributed by atoms with E-state index in [0.717, 1.165) is 6.92 Å². The van der Waals surface area contributed by atoms with Crippen LogP contribution in [0, 0.1) is 0 Å². The van der Waals surface area contributed by atoms with Crippen molar-refractivity contribution in [1.29, 1.82) is 0 Å². The van der Waals surface area contributed by atoms with Crippen molar-refractivity contribution in [2.24, 2.45) is 0 Å². The first-order chi connectivity index (χ1) is 5.45. The second kappa shape index (κ2) is 4.18.